The van der Waals surface area contributed by atoms with Crippen LogP contribution in [0.5, 0.6) is 0 Å². The molecule has 1 aliphatic heterocycles. The summed E-state index contributed by atoms with van der Waals surface area (Å²) in [4.78, 5) is 14.6. The van der Waals surface area contributed by atoms with Gasteiger partial charge in [0.25, 0.3) is 0 Å². The first-order chi connectivity index (χ1) is 12.3. The smallest absolute Gasteiger partial charge is 0.325 e. The number of para-hydroxylation sites is 1. The van der Waals surface area contributed by atoms with E-state index in [1.165, 1.54) is 37.5 Å². The Morgan fingerprint density at radius 3 is 2.42 bits per heavy atom. The standard InChI is InChI=1S/C19H28F3N3O/c1-14(23-15(2)13-25-10-6-3-7-11-25)12-18(26)24-17-9-5-4-8-16(17)19(20,21)22/h4-5,8-9,14-15,23H,3,6-7,10-13H2,1-2H3,(H,24,26). The predicted octanol–water partition coefficient (Wildman–Crippen LogP) is 3.89. The van der Waals surface area contributed by atoms with Gasteiger partial charge in [0.2, 0.25) is 5.91 Å². The highest BCUT2D eigenvalue weighted by atomic mass is 19.4. The van der Waals surface area contributed by atoms with Crippen molar-refractivity contribution in [2.24, 2.45) is 0 Å². The van der Waals surface area contributed by atoms with Crippen molar-refractivity contribution in [3.05, 3.63) is 29.8 Å². The average Bonchev–Trinajstić information content (AvgIpc) is 2.54. The Kier molecular flexibility index (Phi) is 7.46. The SMILES string of the molecule is CC(CC(=O)Nc1ccccc1C(F)(F)F)NC(C)CN1CCCCC1. The highest BCUT2D eigenvalue weighted by Crippen LogP contribution is 2.34. The number of hydrogen-bond donors (Lipinski definition) is 2. The lowest BCUT2D eigenvalue weighted by molar-refractivity contribution is -0.137. The Labute approximate surface area is 153 Å². The van der Waals surface area contributed by atoms with Gasteiger partial charge in [-0.1, -0.05) is 18.6 Å². The number of likely N-dealkylation sites (tertiary alicyclic amines) is 1. The highest BCUT2D eigenvalue weighted by Gasteiger charge is 2.33. The van der Waals surface area contributed by atoms with Crippen LogP contribution in [0.4, 0.5) is 18.9 Å². The molecule has 4 nitrogen and oxygen atoms in total. The first-order valence-electron chi connectivity index (χ1n) is 9.20. The number of rotatable bonds is 7. The van der Waals surface area contributed by atoms with E-state index >= 15 is 0 Å². The zero-order valence-electron chi connectivity index (χ0n) is 15.4. The third-order valence-corrected chi connectivity index (χ3v) is 4.55. The number of halogens is 3. The first kappa shape index (κ1) is 20.7. The van der Waals surface area contributed by atoms with Gasteiger partial charge in [-0.15, -0.1) is 0 Å². The Bertz CT molecular complexity index is 586. The number of amides is 1. The molecular formula is C19H28F3N3O. The quantitative estimate of drug-likeness (QED) is 0.764. The van der Waals surface area contributed by atoms with Crippen LogP contribution in [0.15, 0.2) is 24.3 Å². The summed E-state index contributed by atoms with van der Waals surface area (Å²) >= 11 is 0. The van der Waals surface area contributed by atoms with E-state index in [2.05, 4.69) is 22.5 Å². The molecule has 2 atom stereocenters. The summed E-state index contributed by atoms with van der Waals surface area (Å²) in [6, 6.07) is 5.14. The van der Waals surface area contributed by atoms with E-state index in [4.69, 9.17) is 0 Å². The summed E-state index contributed by atoms with van der Waals surface area (Å²) < 4.78 is 39.0. The molecule has 146 valence electrons. The van der Waals surface area contributed by atoms with Crippen LogP contribution in [-0.2, 0) is 11.0 Å². The topological polar surface area (TPSA) is 44.4 Å². The number of nitrogens with zero attached hydrogens (tertiary/aromatic N) is 1. The fourth-order valence-electron chi connectivity index (χ4n) is 3.45. The summed E-state index contributed by atoms with van der Waals surface area (Å²) in [5, 5.41) is 5.76. The van der Waals surface area contributed by atoms with E-state index in [1.807, 2.05) is 6.92 Å². The van der Waals surface area contributed by atoms with E-state index in [-0.39, 0.29) is 24.2 Å². The molecule has 1 saturated heterocycles. The van der Waals surface area contributed by atoms with E-state index in [0.717, 1.165) is 25.7 Å². The molecule has 0 bridgehead atoms. The number of carbonyl (C=O) groups is 1. The van der Waals surface area contributed by atoms with Crippen LogP contribution in [0.3, 0.4) is 0 Å². The van der Waals surface area contributed by atoms with Gasteiger partial charge in [0, 0.05) is 25.0 Å². The molecule has 0 aromatic heterocycles. The van der Waals surface area contributed by atoms with Crippen molar-refractivity contribution in [1.29, 1.82) is 0 Å². The molecule has 1 aromatic carbocycles. The van der Waals surface area contributed by atoms with E-state index in [0.29, 0.717) is 0 Å². The molecule has 1 aromatic rings. The van der Waals surface area contributed by atoms with Crippen molar-refractivity contribution in [1.82, 2.24) is 10.2 Å². The lowest BCUT2D eigenvalue weighted by Crippen LogP contribution is -2.45. The van der Waals surface area contributed by atoms with E-state index < -0.39 is 17.6 Å². The van der Waals surface area contributed by atoms with Gasteiger partial charge < -0.3 is 15.5 Å². The minimum atomic E-state index is -4.49. The molecule has 1 amide bonds. The van der Waals surface area contributed by atoms with Crippen LogP contribution < -0.4 is 10.6 Å². The largest absolute Gasteiger partial charge is 0.418 e. The molecule has 1 aliphatic rings. The molecular weight excluding hydrogens is 343 g/mol. The highest BCUT2D eigenvalue weighted by molar-refractivity contribution is 5.92. The summed E-state index contributed by atoms with van der Waals surface area (Å²) in [5.74, 6) is -0.424. The molecule has 0 spiro atoms. The van der Waals surface area contributed by atoms with Crippen LogP contribution in [0.25, 0.3) is 0 Å². The number of nitrogens with one attached hydrogen (secondary N) is 2. The molecule has 0 saturated carbocycles. The van der Waals surface area contributed by atoms with Crippen LogP contribution in [0.1, 0.15) is 45.1 Å². The summed E-state index contributed by atoms with van der Waals surface area (Å²) in [6.45, 7) is 7.08. The molecule has 0 aliphatic carbocycles. The summed E-state index contributed by atoms with van der Waals surface area (Å²) in [5.41, 5.74) is -1.02. The van der Waals surface area contributed by atoms with Crippen molar-refractivity contribution in [2.75, 3.05) is 25.0 Å². The maximum atomic E-state index is 13.0. The van der Waals surface area contributed by atoms with Gasteiger partial charge in [0.05, 0.1) is 11.3 Å². The number of alkyl halides is 3. The Hall–Kier alpha value is -1.60. The van der Waals surface area contributed by atoms with Gasteiger partial charge in [-0.25, -0.2) is 0 Å². The third-order valence-electron chi connectivity index (χ3n) is 4.55. The molecule has 2 rings (SSSR count). The normalized spacial score (nSPS) is 18.3. The van der Waals surface area contributed by atoms with Gasteiger partial charge in [-0.3, -0.25) is 4.79 Å². The molecule has 26 heavy (non-hydrogen) atoms. The van der Waals surface area contributed by atoms with E-state index in [9.17, 15) is 18.0 Å². The molecule has 1 heterocycles. The Morgan fingerprint density at radius 2 is 1.77 bits per heavy atom. The molecule has 0 radical (unpaired) electrons. The third kappa shape index (κ3) is 6.61. The number of piperidine rings is 1. The minimum absolute atomic E-state index is 0.118. The van der Waals surface area contributed by atoms with Crippen molar-refractivity contribution < 1.29 is 18.0 Å². The van der Waals surface area contributed by atoms with Crippen molar-refractivity contribution in [3.63, 3.8) is 0 Å². The number of anilines is 1. The lowest BCUT2D eigenvalue weighted by atomic mass is 10.1. The zero-order chi connectivity index (χ0) is 19.2. The van der Waals surface area contributed by atoms with Crippen molar-refractivity contribution in [2.45, 2.75) is 57.8 Å². The second kappa shape index (κ2) is 9.37. The van der Waals surface area contributed by atoms with Crippen LogP contribution in [-0.4, -0.2) is 42.5 Å². The summed E-state index contributed by atoms with van der Waals surface area (Å²) in [6.07, 6.45) is -0.631. The van der Waals surface area contributed by atoms with Gasteiger partial charge >= 0.3 is 6.18 Å². The molecule has 2 unspecified atom stereocenters. The van der Waals surface area contributed by atoms with Crippen LogP contribution >= 0.6 is 0 Å². The van der Waals surface area contributed by atoms with E-state index in [1.54, 1.807) is 0 Å². The van der Waals surface area contributed by atoms with Gasteiger partial charge in [-0.05, 0) is 51.9 Å². The average molecular weight is 371 g/mol. The first-order valence-corrected chi connectivity index (χ1v) is 9.20. The zero-order valence-corrected chi connectivity index (χ0v) is 15.4. The minimum Gasteiger partial charge on any atom is -0.325 e. The Balaban J connectivity index is 1.82. The Morgan fingerprint density at radius 1 is 1.12 bits per heavy atom. The van der Waals surface area contributed by atoms with Gasteiger partial charge in [0.1, 0.15) is 0 Å². The van der Waals surface area contributed by atoms with Crippen molar-refractivity contribution >= 4 is 11.6 Å². The van der Waals surface area contributed by atoms with Crippen molar-refractivity contribution in [3.8, 4) is 0 Å². The van der Waals surface area contributed by atoms with Gasteiger partial charge in [0.15, 0.2) is 0 Å². The maximum Gasteiger partial charge on any atom is 0.418 e. The maximum absolute atomic E-state index is 13.0. The van der Waals surface area contributed by atoms with Crippen LogP contribution in [0.2, 0.25) is 0 Å². The van der Waals surface area contributed by atoms with Gasteiger partial charge in [-0.2, -0.15) is 13.2 Å². The fraction of sp³-hybridized carbons (Fsp3) is 0.632. The fourth-order valence-corrected chi connectivity index (χ4v) is 3.45. The van der Waals surface area contributed by atoms with Crippen LogP contribution in [0, 0.1) is 0 Å². The summed E-state index contributed by atoms with van der Waals surface area (Å²) in [7, 11) is 0. The number of carbonyl (C=O) groups excluding carboxylic acids is 1. The molecule has 1 fully saturated rings. The number of hydrogen-bond acceptors (Lipinski definition) is 3. The second-order valence-electron chi connectivity index (χ2n) is 7.13. The second-order valence-corrected chi connectivity index (χ2v) is 7.13. The lowest BCUT2D eigenvalue weighted by Gasteiger charge is -2.30. The monoisotopic (exact) mass is 371 g/mol. The molecule has 7 heteroatoms. The molecule has 2 N–H and O–H groups in total. The number of benzene rings is 1. The predicted molar refractivity (Wildman–Crippen MR) is 97.0 cm³/mol.